The van der Waals surface area contributed by atoms with Crippen LogP contribution in [0.3, 0.4) is 0 Å². The summed E-state index contributed by atoms with van der Waals surface area (Å²) in [6, 6.07) is 1.13. The summed E-state index contributed by atoms with van der Waals surface area (Å²) < 4.78 is 28.0. The second kappa shape index (κ2) is 10.4. The first-order valence-corrected chi connectivity index (χ1v) is 16.3. The van der Waals surface area contributed by atoms with Crippen LogP contribution in [0, 0.1) is 0 Å². The van der Waals surface area contributed by atoms with E-state index in [1.54, 1.807) is 0 Å². The Balaban J connectivity index is 2.28. The number of hydrogen-bond acceptors (Lipinski definition) is 8. The van der Waals surface area contributed by atoms with Gasteiger partial charge in [-0.3, -0.25) is 14.3 Å². The third-order valence-electron chi connectivity index (χ3n) is 7.33. The van der Waals surface area contributed by atoms with E-state index in [1.165, 1.54) is 6.20 Å². The van der Waals surface area contributed by atoms with Crippen molar-refractivity contribution in [3.8, 4) is 0 Å². The summed E-state index contributed by atoms with van der Waals surface area (Å²) in [6.07, 6.45) is -1.58. The average Bonchev–Trinajstić information content (AvgIpc) is 3.05. The Labute approximate surface area is 212 Å². The molecule has 200 valence electrons. The number of aldehydes is 1. The molecule has 1 aromatic rings. The highest BCUT2D eigenvalue weighted by molar-refractivity contribution is 6.84. The van der Waals surface area contributed by atoms with Gasteiger partial charge in [0.05, 0.1) is 12.7 Å². The third-order valence-corrected chi connectivity index (χ3v) is 17.6. The molecular weight excluding hydrogens is 502 g/mol. The molecule has 0 spiro atoms. The maximum atomic E-state index is 12.8. The van der Waals surface area contributed by atoms with Gasteiger partial charge in [0.2, 0.25) is 0 Å². The minimum atomic E-state index is -3.18. The molecule has 36 heavy (non-hydrogen) atoms. The summed E-state index contributed by atoms with van der Waals surface area (Å²) >= 11 is 0. The number of hydrogen-bond donors (Lipinski definition) is 1. The quantitative estimate of drug-likeness (QED) is 0.182. The molecule has 14 heteroatoms. The zero-order chi connectivity index (χ0) is 27.1. The molecule has 3 rings (SSSR count). The van der Waals surface area contributed by atoms with E-state index in [9.17, 15) is 19.9 Å². The molecule has 0 aliphatic carbocycles. The van der Waals surface area contributed by atoms with Gasteiger partial charge in [0.25, 0.3) is 5.56 Å². The van der Waals surface area contributed by atoms with E-state index in [0.717, 1.165) is 10.6 Å². The van der Waals surface area contributed by atoms with Gasteiger partial charge >= 0.3 is 22.8 Å². The van der Waals surface area contributed by atoms with E-state index < -0.39 is 52.3 Å². The van der Waals surface area contributed by atoms with E-state index in [1.807, 2.05) is 27.7 Å². The predicted molar refractivity (Wildman–Crippen MR) is 137 cm³/mol. The number of rotatable bonds is 7. The Morgan fingerprint density at radius 2 is 1.69 bits per heavy atom. The normalized spacial score (nSPS) is 29.6. The molecule has 2 saturated heterocycles. The number of H-pyrrole nitrogens is 1. The number of nitrogens with one attached hydrogen (secondary N) is 1. The third kappa shape index (κ3) is 4.44. The lowest BCUT2D eigenvalue weighted by molar-refractivity contribution is -0.118. The minimum Gasteiger partial charge on any atom is -0.414 e. The molecule has 1 N–H and O–H groups in total. The van der Waals surface area contributed by atoms with Gasteiger partial charge in [0.1, 0.15) is 12.4 Å². The van der Waals surface area contributed by atoms with Crippen molar-refractivity contribution in [3.05, 3.63) is 43.5 Å². The van der Waals surface area contributed by atoms with Crippen LogP contribution in [0.5, 0.6) is 0 Å². The summed E-state index contributed by atoms with van der Waals surface area (Å²) in [7, 11) is -6.07. The highest BCUT2D eigenvalue weighted by Gasteiger charge is 2.66. The van der Waals surface area contributed by atoms with Crippen molar-refractivity contribution < 1.29 is 22.5 Å². The Bertz CT molecular complexity index is 1110. The molecule has 2 aliphatic rings. The molecular formula is C22H37N5O7Si2. The Morgan fingerprint density at radius 1 is 1.11 bits per heavy atom. The van der Waals surface area contributed by atoms with Gasteiger partial charge < -0.3 is 22.5 Å². The van der Waals surface area contributed by atoms with E-state index in [4.69, 9.17) is 17.7 Å². The first-order valence-electron chi connectivity index (χ1n) is 12.3. The van der Waals surface area contributed by atoms with Crippen LogP contribution in [-0.4, -0.2) is 57.3 Å². The topological polar surface area (TPSA) is 158 Å². The van der Waals surface area contributed by atoms with Gasteiger partial charge in [-0.05, 0) is 27.7 Å². The van der Waals surface area contributed by atoms with Crippen LogP contribution in [0.1, 0.15) is 61.6 Å². The van der Waals surface area contributed by atoms with Crippen LogP contribution in [0.4, 0.5) is 0 Å². The number of carbonyl (C=O) groups is 1. The van der Waals surface area contributed by atoms with Gasteiger partial charge in [0, 0.05) is 17.2 Å². The highest BCUT2D eigenvalue weighted by Crippen LogP contribution is 2.51. The molecule has 12 nitrogen and oxygen atoms in total. The van der Waals surface area contributed by atoms with Crippen LogP contribution >= 0.6 is 0 Å². The SMILES string of the molecule is CC(C)[Si]1(C(C)C)OC[C@H]2O[C@@H](n3ccc(=O)[nH]c3=O)C(C=O)(N=[N+]=[N-])C2O[Si](C(C)C)(C(C)C)O1. The van der Waals surface area contributed by atoms with Crippen molar-refractivity contribution >= 4 is 23.4 Å². The molecule has 0 amide bonds. The second-order valence-corrected chi connectivity index (χ2v) is 19.6. The van der Waals surface area contributed by atoms with Crippen LogP contribution < -0.4 is 11.2 Å². The van der Waals surface area contributed by atoms with Gasteiger partial charge in [-0.25, -0.2) is 4.79 Å². The Hall–Kier alpha value is -2.07. The lowest BCUT2D eigenvalue weighted by Gasteiger charge is -2.52. The zero-order valence-corrected chi connectivity index (χ0v) is 24.1. The van der Waals surface area contributed by atoms with Crippen LogP contribution in [0.15, 0.2) is 27.0 Å². The summed E-state index contributed by atoms with van der Waals surface area (Å²) in [4.78, 5) is 42.2. The van der Waals surface area contributed by atoms with Gasteiger partial charge in [-0.2, -0.15) is 0 Å². The minimum absolute atomic E-state index is 0.0268. The molecule has 0 bridgehead atoms. The molecule has 0 radical (unpaired) electrons. The molecule has 2 unspecified atom stereocenters. The number of aromatic nitrogens is 2. The summed E-state index contributed by atoms with van der Waals surface area (Å²) in [6.45, 7) is 16.5. The molecule has 4 atom stereocenters. The lowest BCUT2D eigenvalue weighted by Crippen LogP contribution is -2.67. The average molecular weight is 540 g/mol. The second-order valence-electron chi connectivity index (χ2n) is 10.8. The van der Waals surface area contributed by atoms with Crippen molar-refractivity contribution in [2.75, 3.05) is 6.61 Å². The fourth-order valence-electron chi connectivity index (χ4n) is 5.44. The summed E-state index contributed by atoms with van der Waals surface area (Å²) in [5.74, 6) is 0. The lowest BCUT2D eigenvalue weighted by atomic mass is 9.92. The summed E-state index contributed by atoms with van der Waals surface area (Å²) in [5, 5.41) is 3.88. The maximum Gasteiger partial charge on any atom is 0.335 e. The number of azide groups is 1. The summed E-state index contributed by atoms with van der Waals surface area (Å²) in [5.41, 5.74) is 6.24. The fraction of sp³-hybridized carbons (Fsp3) is 0.773. The van der Waals surface area contributed by atoms with Crippen LogP contribution in [0.25, 0.3) is 10.4 Å². The standard InChI is InChI=1S/C22H37N5O7Si2/c1-13(2)35(14(3)4)31-11-17-19(33-36(34-35,15(5)6)16(7)8)22(12-28,25-26-23)20(32-17)27-10-9-18(29)24-21(27)30/h9-10,12-17,19-20H,11H2,1-8H3,(H,24,29,30)/t17-,19?,20-,22?/m1/s1. The van der Waals surface area contributed by atoms with Crippen LogP contribution in [0.2, 0.25) is 22.2 Å². The number of aromatic amines is 1. The predicted octanol–water partition coefficient (Wildman–Crippen LogP) is 3.64. The van der Waals surface area contributed by atoms with Crippen molar-refractivity contribution in [1.82, 2.24) is 9.55 Å². The van der Waals surface area contributed by atoms with E-state index in [-0.39, 0.29) is 28.8 Å². The number of carbonyl (C=O) groups excluding carboxylic acids is 1. The smallest absolute Gasteiger partial charge is 0.335 e. The molecule has 0 aromatic carbocycles. The Morgan fingerprint density at radius 3 is 2.17 bits per heavy atom. The largest absolute Gasteiger partial charge is 0.414 e. The zero-order valence-electron chi connectivity index (χ0n) is 22.1. The van der Waals surface area contributed by atoms with Crippen molar-refractivity contribution in [2.24, 2.45) is 5.11 Å². The van der Waals surface area contributed by atoms with E-state index in [2.05, 4.69) is 42.7 Å². The first-order chi connectivity index (χ1) is 16.8. The molecule has 3 heterocycles. The molecule has 0 saturated carbocycles. The van der Waals surface area contributed by atoms with Crippen LogP contribution in [-0.2, 0) is 22.5 Å². The highest BCUT2D eigenvalue weighted by atomic mass is 28.5. The van der Waals surface area contributed by atoms with Gasteiger partial charge in [-0.1, -0.05) is 60.5 Å². The monoisotopic (exact) mass is 539 g/mol. The maximum absolute atomic E-state index is 12.8. The Kier molecular flexibility index (Phi) is 8.20. The molecule has 2 aliphatic heterocycles. The van der Waals surface area contributed by atoms with E-state index >= 15 is 0 Å². The molecule has 1 aromatic heterocycles. The van der Waals surface area contributed by atoms with E-state index in [0.29, 0.717) is 6.29 Å². The number of fused-ring (bicyclic) bond motifs is 1. The fourth-order valence-corrected chi connectivity index (χ4v) is 16.7. The van der Waals surface area contributed by atoms with Crippen molar-refractivity contribution in [3.63, 3.8) is 0 Å². The number of ether oxygens (including phenoxy) is 1. The van der Waals surface area contributed by atoms with Crippen molar-refractivity contribution in [2.45, 2.75) is 102 Å². The van der Waals surface area contributed by atoms with Gasteiger partial charge in [0.15, 0.2) is 11.8 Å². The first kappa shape index (κ1) is 28.5. The number of nitrogens with zero attached hydrogens (tertiary/aromatic N) is 4. The molecule has 2 fully saturated rings. The van der Waals surface area contributed by atoms with Crippen molar-refractivity contribution in [1.29, 1.82) is 0 Å². The van der Waals surface area contributed by atoms with Gasteiger partial charge in [-0.15, -0.1) is 0 Å².